The summed E-state index contributed by atoms with van der Waals surface area (Å²) in [5, 5.41) is 0. The minimum absolute atomic E-state index is 0.289. The largest absolute Gasteiger partial charge is 0.468 e. The quantitative estimate of drug-likeness (QED) is 0.788. The Morgan fingerprint density at radius 1 is 1.09 bits per heavy atom. The average Bonchev–Trinajstić information content (AvgIpc) is 3.18. The lowest BCUT2D eigenvalue weighted by atomic mass is 10.2. The molecule has 4 heteroatoms. The van der Waals surface area contributed by atoms with Gasteiger partial charge in [-0.15, -0.1) is 0 Å². The molecule has 0 saturated carbocycles. The third-order valence-corrected chi connectivity index (χ3v) is 4.07. The van der Waals surface area contributed by atoms with Gasteiger partial charge in [0.25, 0.3) is 0 Å². The lowest BCUT2D eigenvalue weighted by Crippen LogP contribution is -2.35. The topological polar surface area (TPSA) is 36.7 Å². The van der Waals surface area contributed by atoms with Crippen molar-refractivity contribution in [2.75, 3.05) is 19.6 Å². The van der Waals surface area contributed by atoms with Crippen molar-refractivity contribution < 1.29 is 9.21 Å². The second kappa shape index (κ2) is 7.27. The monoisotopic (exact) mass is 298 g/mol. The van der Waals surface area contributed by atoms with Gasteiger partial charge in [-0.2, -0.15) is 0 Å². The molecule has 1 fully saturated rings. The number of benzene rings is 1. The minimum Gasteiger partial charge on any atom is -0.468 e. The van der Waals surface area contributed by atoms with Crippen LogP contribution < -0.4 is 0 Å². The van der Waals surface area contributed by atoms with Crippen molar-refractivity contribution in [3.63, 3.8) is 0 Å². The minimum atomic E-state index is 0.289. The van der Waals surface area contributed by atoms with E-state index in [2.05, 4.69) is 29.2 Å². The predicted molar refractivity (Wildman–Crippen MR) is 85.1 cm³/mol. The first-order chi connectivity index (χ1) is 10.8. The van der Waals surface area contributed by atoms with Crippen molar-refractivity contribution in [3.8, 4) is 0 Å². The van der Waals surface area contributed by atoms with E-state index >= 15 is 0 Å². The molecule has 2 aromatic rings. The zero-order valence-corrected chi connectivity index (χ0v) is 12.8. The molecule has 0 aliphatic carbocycles. The lowest BCUT2D eigenvalue weighted by molar-refractivity contribution is -0.127. The van der Waals surface area contributed by atoms with Gasteiger partial charge < -0.3 is 9.32 Å². The van der Waals surface area contributed by atoms with E-state index in [9.17, 15) is 4.79 Å². The standard InChI is InChI=1S/C18H22N2O2/c21-18-9-4-10-20(18)12-11-19(15-17-8-5-13-22-17)14-16-6-2-1-3-7-16/h1-3,5-8,13H,4,9-12,14-15H2. The number of carbonyl (C=O) groups is 1. The van der Waals surface area contributed by atoms with Gasteiger partial charge in [-0.3, -0.25) is 9.69 Å². The van der Waals surface area contributed by atoms with Crippen molar-refractivity contribution in [1.29, 1.82) is 0 Å². The van der Waals surface area contributed by atoms with E-state index in [-0.39, 0.29) is 5.91 Å². The molecular weight excluding hydrogens is 276 g/mol. The molecule has 4 nitrogen and oxygen atoms in total. The van der Waals surface area contributed by atoms with Crippen LogP contribution in [-0.4, -0.2) is 35.3 Å². The van der Waals surface area contributed by atoms with E-state index < -0.39 is 0 Å². The predicted octanol–water partition coefficient (Wildman–Crippen LogP) is 2.90. The summed E-state index contributed by atoms with van der Waals surface area (Å²) in [5.41, 5.74) is 1.28. The maximum atomic E-state index is 11.8. The van der Waals surface area contributed by atoms with E-state index in [1.165, 1.54) is 5.56 Å². The summed E-state index contributed by atoms with van der Waals surface area (Å²) in [7, 11) is 0. The molecule has 0 radical (unpaired) electrons. The van der Waals surface area contributed by atoms with E-state index in [1.807, 2.05) is 23.1 Å². The number of rotatable bonds is 7. The maximum Gasteiger partial charge on any atom is 0.222 e. The molecule has 1 saturated heterocycles. The fourth-order valence-corrected chi connectivity index (χ4v) is 2.88. The molecule has 1 aromatic heterocycles. The molecule has 116 valence electrons. The Kier molecular flexibility index (Phi) is 4.91. The van der Waals surface area contributed by atoms with Crippen LogP contribution in [0, 0.1) is 0 Å². The summed E-state index contributed by atoms with van der Waals surface area (Å²) in [5.74, 6) is 1.25. The summed E-state index contributed by atoms with van der Waals surface area (Å²) in [6, 6.07) is 14.3. The van der Waals surface area contributed by atoms with E-state index in [1.54, 1.807) is 6.26 Å². The average molecular weight is 298 g/mol. The lowest BCUT2D eigenvalue weighted by Gasteiger charge is -2.24. The molecule has 1 aromatic carbocycles. The Hall–Kier alpha value is -2.07. The van der Waals surface area contributed by atoms with Gasteiger partial charge in [0.1, 0.15) is 5.76 Å². The van der Waals surface area contributed by atoms with Crippen molar-refractivity contribution in [2.45, 2.75) is 25.9 Å². The van der Waals surface area contributed by atoms with Crippen LogP contribution >= 0.6 is 0 Å². The summed E-state index contributed by atoms with van der Waals surface area (Å²) < 4.78 is 5.47. The number of carbonyl (C=O) groups excluding carboxylic acids is 1. The van der Waals surface area contributed by atoms with Gasteiger partial charge in [0.2, 0.25) is 5.91 Å². The number of hydrogen-bond donors (Lipinski definition) is 0. The Morgan fingerprint density at radius 3 is 2.64 bits per heavy atom. The van der Waals surface area contributed by atoms with Gasteiger partial charge >= 0.3 is 0 Å². The first kappa shape index (κ1) is 14.9. The number of hydrogen-bond acceptors (Lipinski definition) is 3. The smallest absolute Gasteiger partial charge is 0.222 e. The molecule has 0 spiro atoms. The molecular formula is C18H22N2O2. The second-order valence-electron chi connectivity index (χ2n) is 5.76. The number of furan rings is 1. The Morgan fingerprint density at radius 2 is 1.95 bits per heavy atom. The summed E-state index contributed by atoms with van der Waals surface area (Å²) >= 11 is 0. The van der Waals surface area contributed by atoms with Crippen LogP contribution in [0.2, 0.25) is 0 Å². The molecule has 0 N–H and O–H groups in total. The van der Waals surface area contributed by atoms with E-state index in [4.69, 9.17) is 4.42 Å². The van der Waals surface area contributed by atoms with Crippen LogP contribution in [0.3, 0.4) is 0 Å². The number of nitrogens with zero attached hydrogens (tertiary/aromatic N) is 2. The molecule has 2 heterocycles. The third-order valence-electron chi connectivity index (χ3n) is 4.07. The van der Waals surface area contributed by atoms with Crippen LogP contribution in [0.4, 0.5) is 0 Å². The van der Waals surface area contributed by atoms with Gasteiger partial charge in [-0.1, -0.05) is 30.3 Å². The zero-order valence-electron chi connectivity index (χ0n) is 12.8. The summed E-state index contributed by atoms with van der Waals surface area (Å²) in [6.45, 7) is 4.19. The van der Waals surface area contributed by atoms with Crippen molar-refractivity contribution in [1.82, 2.24) is 9.80 Å². The molecule has 22 heavy (non-hydrogen) atoms. The first-order valence-electron chi connectivity index (χ1n) is 7.88. The van der Waals surface area contributed by atoms with Crippen LogP contribution in [0.5, 0.6) is 0 Å². The molecule has 1 aliphatic heterocycles. The molecule has 0 bridgehead atoms. The molecule has 0 atom stereocenters. The molecule has 3 rings (SSSR count). The van der Waals surface area contributed by atoms with Gasteiger partial charge in [0.05, 0.1) is 12.8 Å². The summed E-state index contributed by atoms with van der Waals surface area (Å²) in [4.78, 5) is 16.1. The van der Waals surface area contributed by atoms with Crippen LogP contribution in [-0.2, 0) is 17.9 Å². The number of amides is 1. The van der Waals surface area contributed by atoms with Gasteiger partial charge in [0, 0.05) is 32.6 Å². The maximum absolute atomic E-state index is 11.8. The normalized spacial score (nSPS) is 15.0. The zero-order chi connectivity index (χ0) is 15.2. The van der Waals surface area contributed by atoms with Crippen molar-refractivity contribution in [3.05, 3.63) is 60.1 Å². The van der Waals surface area contributed by atoms with E-state index in [0.717, 1.165) is 44.9 Å². The third kappa shape index (κ3) is 3.98. The fraction of sp³-hybridized carbons (Fsp3) is 0.389. The Bertz CT molecular complexity index is 580. The molecule has 1 aliphatic rings. The number of likely N-dealkylation sites (tertiary alicyclic amines) is 1. The Balaban J connectivity index is 1.61. The van der Waals surface area contributed by atoms with E-state index in [0.29, 0.717) is 6.42 Å². The highest BCUT2D eigenvalue weighted by atomic mass is 16.3. The molecule has 0 unspecified atom stereocenters. The van der Waals surface area contributed by atoms with Crippen molar-refractivity contribution >= 4 is 5.91 Å². The molecule has 1 amide bonds. The highest BCUT2D eigenvalue weighted by molar-refractivity contribution is 5.78. The Labute approximate surface area is 131 Å². The SMILES string of the molecule is O=C1CCCN1CCN(Cc1ccccc1)Cc1ccco1. The highest BCUT2D eigenvalue weighted by Gasteiger charge is 2.20. The van der Waals surface area contributed by atoms with Gasteiger partial charge in [-0.05, 0) is 24.1 Å². The van der Waals surface area contributed by atoms with Crippen LogP contribution in [0.15, 0.2) is 53.1 Å². The van der Waals surface area contributed by atoms with Crippen LogP contribution in [0.25, 0.3) is 0 Å². The highest BCUT2D eigenvalue weighted by Crippen LogP contribution is 2.13. The first-order valence-corrected chi connectivity index (χ1v) is 7.88. The second-order valence-corrected chi connectivity index (χ2v) is 5.76. The van der Waals surface area contributed by atoms with Crippen LogP contribution in [0.1, 0.15) is 24.2 Å². The van der Waals surface area contributed by atoms with Gasteiger partial charge in [-0.25, -0.2) is 0 Å². The van der Waals surface area contributed by atoms with Crippen molar-refractivity contribution in [2.24, 2.45) is 0 Å². The van der Waals surface area contributed by atoms with Gasteiger partial charge in [0.15, 0.2) is 0 Å². The summed E-state index contributed by atoms with van der Waals surface area (Å²) in [6.07, 6.45) is 3.41. The fourth-order valence-electron chi connectivity index (χ4n) is 2.88.